The predicted octanol–water partition coefficient (Wildman–Crippen LogP) is 3.06. The smallest absolute Gasteiger partial charge is 0.252 e. The van der Waals surface area contributed by atoms with E-state index in [4.69, 9.17) is 0 Å². The summed E-state index contributed by atoms with van der Waals surface area (Å²) in [6.45, 7) is 0. The van der Waals surface area contributed by atoms with Crippen molar-refractivity contribution in [3.8, 4) is 0 Å². The summed E-state index contributed by atoms with van der Waals surface area (Å²) in [6.07, 6.45) is 0. The van der Waals surface area contributed by atoms with Crippen molar-refractivity contribution in [2.45, 2.75) is 0 Å². The molecule has 2 aromatic carbocycles. The Morgan fingerprint density at radius 3 is 1.80 bits per heavy atom. The summed E-state index contributed by atoms with van der Waals surface area (Å²) in [5.41, 5.74) is 4.17. The Morgan fingerprint density at radius 2 is 1.40 bits per heavy atom. The van der Waals surface area contributed by atoms with E-state index in [1.165, 1.54) is 7.05 Å². The van der Waals surface area contributed by atoms with Gasteiger partial charge in [0.25, 0.3) is 0 Å². The van der Waals surface area contributed by atoms with E-state index in [9.17, 15) is 9.70 Å². The van der Waals surface area contributed by atoms with Gasteiger partial charge in [-0.25, -0.2) is 10.2 Å². The molecule has 0 aliphatic carbocycles. The summed E-state index contributed by atoms with van der Waals surface area (Å²) in [7, 11) is 1.29. The molecule has 6 heteroatoms. The molecule has 0 aromatic heterocycles. The summed E-state index contributed by atoms with van der Waals surface area (Å²) >= 11 is 0. The molecule has 2 aromatic rings. The highest BCUT2D eigenvalue weighted by atomic mass is 16.3. The lowest BCUT2D eigenvalue weighted by Crippen LogP contribution is -2.44. The van der Waals surface area contributed by atoms with Crippen LogP contribution in [0, 0.1) is 4.91 Å². The number of carbonyl (C=O) groups is 1. The molecule has 20 heavy (non-hydrogen) atoms. The Hall–Kier alpha value is -2.89. The van der Waals surface area contributed by atoms with Gasteiger partial charge in [-0.1, -0.05) is 36.4 Å². The first-order chi connectivity index (χ1) is 9.72. The Morgan fingerprint density at radius 1 is 0.950 bits per heavy atom. The summed E-state index contributed by atoms with van der Waals surface area (Å²) < 4.78 is 0. The molecule has 2 rings (SSSR count). The number of para-hydroxylation sites is 2. The van der Waals surface area contributed by atoms with Gasteiger partial charge in [0.1, 0.15) is 0 Å². The Labute approximate surface area is 116 Å². The van der Waals surface area contributed by atoms with E-state index < -0.39 is 6.03 Å². The lowest BCUT2D eigenvalue weighted by molar-refractivity contribution is 0.210. The number of hydrazine groups is 1. The van der Waals surface area contributed by atoms with E-state index >= 15 is 0 Å². The van der Waals surface area contributed by atoms with Crippen molar-refractivity contribution in [3.05, 3.63) is 65.6 Å². The van der Waals surface area contributed by atoms with Crippen molar-refractivity contribution >= 4 is 17.4 Å². The van der Waals surface area contributed by atoms with Gasteiger partial charge >= 0.3 is 6.03 Å². The van der Waals surface area contributed by atoms with Crippen molar-refractivity contribution in [1.29, 1.82) is 0 Å². The van der Waals surface area contributed by atoms with Gasteiger partial charge in [0.2, 0.25) is 0 Å². The quantitative estimate of drug-likeness (QED) is 0.686. The standard InChI is InChI=1S/C14H14N4O2/c1-17(16-20)14(19)15-18(12-8-4-2-5-9-12)13-10-6-3-7-11-13/h2-11H,1H3,(H,15,19). The van der Waals surface area contributed by atoms with Crippen molar-refractivity contribution in [2.24, 2.45) is 5.29 Å². The van der Waals surface area contributed by atoms with Gasteiger partial charge < -0.3 is 0 Å². The van der Waals surface area contributed by atoms with Crippen LogP contribution in [0.25, 0.3) is 0 Å². The molecular formula is C14H14N4O2. The molecule has 0 bridgehead atoms. The van der Waals surface area contributed by atoms with Gasteiger partial charge in [0, 0.05) is 7.05 Å². The van der Waals surface area contributed by atoms with Crippen LogP contribution in [0.15, 0.2) is 65.9 Å². The zero-order chi connectivity index (χ0) is 14.4. The molecule has 0 saturated carbocycles. The van der Waals surface area contributed by atoms with Crippen molar-refractivity contribution in [2.75, 3.05) is 12.1 Å². The van der Waals surface area contributed by atoms with E-state index in [1.54, 1.807) is 5.01 Å². The molecule has 102 valence electrons. The third-order valence-electron chi connectivity index (χ3n) is 2.65. The fourth-order valence-electron chi connectivity index (χ4n) is 1.64. The number of carbonyl (C=O) groups excluding carboxylic acids is 1. The van der Waals surface area contributed by atoms with Crippen LogP contribution in [0.1, 0.15) is 0 Å². The molecular weight excluding hydrogens is 256 g/mol. The monoisotopic (exact) mass is 270 g/mol. The Bertz CT molecular complexity index is 535. The van der Waals surface area contributed by atoms with Crippen LogP contribution in [0.3, 0.4) is 0 Å². The molecule has 0 unspecified atom stereocenters. The van der Waals surface area contributed by atoms with Gasteiger partial charge in [-0.2, -0.15) is 5.01 Å². The van der Waals surface area contributed by atoms with Crippen molar-refractivity contribution in [3.63, 3.8) is 0 Å². The van der Waals surface area contributed by atoms with Crippen LogP contribution < -0.4 is 10.4 Å². The minimum absolute atomic E-state index is 0.618. The number of hydrogen-bond acceptors (Lipinski definition) is 4. The van der Waals surface area contributed by atoms with Gasteiger partial charge in [0.15, 0.2) is 0 Å². The molecule has 0 fully saturated rings. The summed E-state index contributed by atoms with van der Waals surface area (Å²) in [4.78, 5) is 22.2. The second-order valence-electron chi connectivity index (χ2n) is 4.03. The first-order valence-corrected chi connectivity index (χ1v) is 6.00. The van der Waals surface area contributed by atoms with Gasteiger partial charge in [-0.05, 0) is 24.3 Å². The van der Waals surface area contributed by atoms with Crippen LogP contribution >= 0.6 is 0 Å². The topological polar surface area (TPSA) is 65.0 Å². The zero-order valence-corrected chi connectivity index (χ0v) is 10.9. The fraction of sp³-hybridized carbons (Fsp3) is 0.0714. The molecule has 0 aliphatic rings. The molecule has 6 nitrogen and oxygen atoms in total. The summed E-state index contributed by atoms with van der Waals surface area (Å²) in [5, 5.41) is 4.85. The molecule has 0 heterocycles. The lowest BCUT2D eigenvalue weighted by atomic mass is 10.2. The van der Waals surface area contributed by atoms with Gasteiger partial charge in [-0.15, -0.1) is 4.91 Å². The zero-order valence-electron chi connectivity index (χ0n) is 10.9. The Balaban J connectivity index is 2.31. The van der Waals surface area contributed by atoms with Gasteiger partial charge in [-0.3, -0.25) is 5.01 Å². The van der Waals surface area contributed by atoms with Crippen molar-refractivity contribution in [1.82, 2.24) is 10.4 Å². The molecule has 0 saturated heterocycles. The van der Waals surface area contributed by atoms with Gasteiger partial charge in [0.05, 0.1) is 16.7 Å². The number of hydrogen-bond donors (Lipinski definition) is 1. The number of nitroso groups, excluding NO2 is 1. The van der Waals surface area contributed by atoms with Crippen LogP contribution in [-0.4, -0.2) is 18.1 Å². The maximum absolute atomic E-state index is 11.8. The van der Waals surface area contributed by atoms with E-state index in [1.807, 2.05) is 60.7 Å². The highest BCUT2D eigenvalue weighted by Crippen LogP contribution is 2.22. The minimum atomic E-state index is -0.618. The van der Waals surface area contributed by atoms with E-state index in [0.29, 0.717) is 5.01 Å². The normalized spacial score (nSPS) is 9.65. The van der Waals surface area contributed by atoms with Crippen LogP contribution in [0.4, 0.5) is 16.2 Å². The number of rotatable bonds is 4. The maximum Gasteiger partial charge on any atom is 0.359 e. The third-order valence-corrected chi connectivity index (χ3v) is 2.65. The predicted molar refractivity (Wildman–Crippen MR) is 77.1 cm³/mol. The molecule has 2 amide bonds. The number of urea groups is 1. The van der Waals surface area contributed by atoms with Crippen LogP contribution in [0.5, 0.6) is 0 Å². The first kappa shape index (κ1) is 13.5. The van der Waals surface area contributed by atoms with E-state index in [-0.39, 0.29) is 0 Å². The first-order valence-electron chi connectivity index (χ1n) is 6.00. The average molecular weight is 270 g/mol. The fourth-order valence-corrected chi connectivity index (χ4v) is 1.64. The number of nitrogens with one attached hydrogen (secondary N) is 1. The highest BCUT2D eigenvalue weighted by Gasteiger charge is 2.15. The second-order valence-corrected chi connectivity index (χ2v) is 4.03. The van der Waals surface area contributed by atoms with Crippen LogP contribution in [0.2, 0.25) is 0 Å². The average Bonchev–Trinajstić information content (AvgIpc) is 2.53. The summed E-state index contributed by atoms with van der Waals surface area (Å²) in [6, 6.07) is 18.0. The van der Waals surface area contributed by atoms with E-state index in [2.05, 4.69) is 10.7 Å². The van der Waals surface area contributed by atoms with Crippen molar-refractivity contribution < 1.29 is 4.79 Å². The molecule has 1 N–H and O–H groups in total. The van der Waals surface area contributed by atoms with E-state index in [0.717, 1.165) is 11.4 Å². The minimum Gasteiger partial charge on any atom is -0.252 e. The highest BCUT2D eigenvalue weighted by molar-refractivity contribution is 5.78. The van der Waals surface area contributed by atoms with Crippen LogP contribution in [-0.2, 0) is 0 Å². The number of amides is 2. The lowest BCUT2D eigenvalue weighted by Gasteiger charge is -2.26. The third kappa shape index (κ3) is 3.11. The molecule has 0 radical (unpaired) electrons. The number of nitrogens with zero attached hydrogens (tertiary/aromatic N) is 3. The second kappa shape index (κ2) is 6.33. The SMILES string of the molecule is CN(N=O)C(=O)NN(c1ccccc1)c1ccccc1. The number of anilines is 2. The molecule has 0 atom stereocenters. The maximum atomic E-state index is 11.8. The molecule has 0 spiro atoms. The number of benzene rings is 2. The molecule has 0 aliphatic heterocycles. The largest absolute Gasteiger partial charge is 0.359 e. The summed E-state index contributed by atoms with van der Waals surface area (Å²) in [5.74, 6) is 0. The Kier molecular flexibility index (Phi) is 4.28.